The molecule has 0 radical (unpaired) electrons. The molecule has 0 saturated carbocycles. The molecular weight excluding hydrogens is 260 g/mol. The highest BCUT2D eigenvalue weighted by Crippen LogP contribution is 2.33. The molecule has 116 valence electrons. The minimum Gasteiger partial charge on any atom is -0.457 e. The van der Waals surface area contributed by atoms with Crippen molar-refractivity contribution in [1.29, 1.82) is 0 Å². The highest BCUT2D eigenvalue weighted by Gasteiger charge is 2.30. The zero-order valence-electron chi connectivity index (χ0n) is 13.4. The van der Waals surface area contributed by atoms with E-state index in [0.29, 0.717) is 0 Å². The number of esters is 1. The maximum absolute atomic E-state index is 12.0. The first kappa shape index (κ1) is 16.1. The number of carbonyl (C=O) groups is 1. The van der Waals surface area contributed by atoms with Crippen molar-refractivity contribution in [3.8, 4) is 0 Å². The van der Waals surface area contributed by atoms with E-state index in [4.69, 9.17) is 4.74 Å². The SMILES string of the molecule is CCCCCc1ccc(C2CCC(CCC)C(=O)O2)cc1. The van der Waals surface area contributed by atoms with Crippen LogP contribution in [-0.4, -0.2) is 5.97 Å². The van der Waals surface area contributed by atoms with E-state index in [9.17, 15) is 4.79 Å². The zero-order valence-corrected chi connectivity index (χ0v) is 13.4. The molecule has 1 aliphatic heterocycles. The second-order valence-corrected chi connectivity index (χ2v) is 6.19. The number of hydrogen-bond donors (Lipinski definition) is 0. The molecule has 0 aromatic heterocycles. The van der Waals surface area contributed by atoms with Crippen molar-refractivity contribution in [3.05, 3.63) is 35.4 Å². The van der Waals surface area contributed by atoms with Gasteiger partial charge in [-0.05, 0) is 43.2 Å². The summed E-state index contributed by atoms with van der Waals surface area (Å²) < 4.78 is 5.64. The number of hydrogen-bond acceptors (Lipinski definition) is 2. The number of carbonyl (C=O) groups excluding carboxylic acids is 1. The lowest BCUT2D eigenvalue weighted by atomic mass is 9.91. The van der Waals surface area contributed by atoms with E-state index in [2.05, 4.69) is 38.1 Å². The Labute approximate surface area is 128 Å². The van der Waals surface area contributed by atoms with Crippen molar-refractivity contribution >= 4 is 5.97 Å². The summed E-state index contributed by atoms with van der Waals surface area (Å²) in [6.45, 7) is 4.35. The fourth-order valence-electron chi connectivity index (χ4n) is 3.09. The molecule has 2 atom stereocenters. The van der Waals surface area contributed by atoms with Crippen molar-refractivity contribution in [2.24, 2.45) is 5.92 Å². The fraction of sp³-hybridized carbons (Fsp3) is 0.632. The van der Waals surface area contributed by atoms with E-state index < -0.39 is 0 Å². The van der Waals surface area contributed by atoms with Crippen molar-refractivity contribution in [1.82, 2.24) is 0 Å². The van der Waals surface area contributed by atoms with Crippen LogP contribution in [0.2, 0.25) is 0 Å². The minimum atomic E-state index is -0.0321. The largest absolute Gasteiger partial charge is 0.457 e. The van der Waals surface area contributed by atoms with E-state index in [1.807, 2.05) is 0 Å². The van der Waals surface area contributed by atoms with Gasteiger partial charge in [-0.1, -0.05) is 57.4 Å². The van der Waals surface area contributed by atoms with Gasteiger partial charge in [0.1, 0.15) is 6.10 Å². The minimum absolute atomic E-state index is 0.000113. The monoisotopic (exact) mass is 288 g/mol. The van der Waals surface area contributed by atoms with Crippen LogP contribution in [0.5, 0.6) is 0 Å². The summed E-state index contributed by atoms with van der Waals surface area (Å²) >= 11 is 0. The van der Waals surface area contributed by atoms with Gasteiger partial charge in [0.05, 0.1) is 5.92 Å². The Hall–Kier alpha value is -1.31. The van der Waals surface area contributed by atoms with E-state index in [0.717, 1.165) is 37.7 Å². The summed E-state index contributed by atoms with van der Waals surface area (Å²) in [5, 5.41) is 0. The summed E-state index contributed by atoms with van der Waals surface area (Å²) in [7, 11) is 0. The van der Waals surface area contributed by atoms with E-state index in [1.165, 1.54) is 24.8 Å². The molecule has 0 aliphatic carbocycles. The molecule has 1 heterocycles. The maximum Gasteiger partial charge on any atom is 0.309 e. The van der Waals surface area contributed by atoms with Gasteiger partial charge in [-0.15, -0.1) is 0 Å². The topological polar surface area (TPSA) is 26.3 Å². The molecule has 2 rings (SSSR count). The summed E-state index contributed by atoms with van der Waals surface area (Å²) in [5.74, 6) is 0.125. The van der Waals surface area contributed by atoms with Crippen LogP contribution in [0.25, 0.3) is 0 Å². The highest BCUT2D eigenvalue weighted by molar-refractivity contribution is 5.73. The molecule has 0 spiro atoms. The molecule has 1 aromatic rings. The Morgan fingerprint density at radius 3 is 2.43 bits per heavy atom. The van der Waals surface area contributed by atoms with E-state index in [-0.39, 0.29) is 18.0 Å². The molecule has 2 unspecified atom stereocenters. The van der Waals surface area contributed by atoms with Crippen LogP contribution in [0.15, 0.2) is 24.3 Å². The number of ether oxygens (including phenoxy) is 1. The van der Waals surface area contributed by atoms with Gasteiger partial charge in [-0.3, -0.25) is 4.79 Å². The van der Waals surface area contributed by atoms with Crippen molar-refractivity contribution in [2.75, 3.05) is 0 Å². The molecule has 1 aromatic carbocycles. The van der Waals surface area contributed by atoms with Crippen LogP contribution in [0.1, 0.15) is 76.0 Å². The van der Waals surface area contributed by atoms with Gasteiger partial charge in [-0.25, -0.2) is 0 Å². The Morgan fingerprint density at radius 2 is 1.81 bits per heavy atom. The third-order valence-corrected chi connectivity index (χ3v) is 4.43. The van der Waals surface area contributed by atoms with Gasteiger partial charge in [0.15, 0.2) is 0 Å². The van der Waals surface area contributed by atoms with Gasteiger partial charge < -0.3 is 4.74 Å². The quantitative estimate of drug-likeness (QED) is 0.508. The standard InChI is InChI=1S/C19H28O2/c1-3-5-6-8-15-9-11-16(12-10-15)18-14-13-17(7-4-2)19(20)21-18/h9-12,17-18H,3-8,13-14H2,1-2H3. The van der Waals surface area contributed by atoms with Crippen molar-refractivity contribution < 1.29 is 9.53 Å². The third-order valence-electron chi connectivity index (χ3n) is 4.43. The smallest absolute Gasteiger partial charge is 0.309 e. The van der Waals surface area contributed by atoms with Gasteiger partial charge in [0.2, 0.25) is 0 Å². The number of rotatable bonds is 7. The van der Waals surface area contributed by atoms with Crippen molar-refractivity contribution in [2.45, 2.75) is 71.3 Å². The van der Waals surface area contributed by atoms with E-state index >= 15 is 0 Å². The first-order chi connectivity index (χ1) is 10.2. The fourth-order valence-corrected chi connectivity index (χ4v) is 3.09. The molecule has 0 N–H and O–H groups in total. The number of aryl methyl sites for hydroxylation is 1. The lowest BCUT2D eigenvalue weighted by molar-refractivity contribution is -0.161. The Kier molecular flexibility index (Phi) is 6.28. The molecule has 0 bridgehead atoms. The molecule has 2 heteroatoms. The Morgan fingerprint density at radius 1 is 1.05 bits per heavy atom. The number of cyclic esters (lactones) is 1. The molecule has 1 fully saturated rings. The molecule has 2 nitrogen and oxygen atoms in total. The van der Waals surface area contributed by atoms with Crippen molar-refractivity contribution in [3.63, 3.8) is 0 Å². The van der Waals surface area contributed by atoms with Crippen LogP contribution in [0.4, 0.5) is 0 Å². The Bertz CT molecular complexity index is 435. The van der Waals surface area contributed by atoms with Gasteiger partial charge in [0, 0.05) is 0 Å². The lowest BCUT2D eigenvalue weighted by Crippen LogP contribution is -2.26. The molecule has 1 aliphatic rings. The van der Waals surface area contributed by atoms with Crippen LogP contribution < -0.4 is 0 Å². The first-order valence-electron chi connectivity index (χ1n) is 8.54. The maximum atomic E-state index is 12.0. The normalized spacial score (nSPS) is 22.1. The van der Waals surface area contributed by atoms with Gasteiger partial charge >= 0.3 is 5.97 Å². The molecular formula is C19H28O2. The molecule has 21 heavy (non-hydrogen) atoms. The molecule has 1 saturated heterocycles. The lowest BCUT2D eigenvalue weighted by Gasteiger charge is -2.28. The van der Waals surface area contributed by atoms with Gasteiger partial charge in [-0.2, -0.15) is 0 Å². The third kappa shape index (κ3) is 4.59. The number of benzene rings is 1. The van der Waals surface area contributed by atoms with Crippen LogP contribution >= 0.6 is 0 Å². The molecule has 0 amide bonds. The highest BCUT2D eigenvalue weighted by atomic mass is 16.5. The van der Waals surface area contributed by atoms with Crippen LogP contribution in [0, 0.1) is 5.92 Å². The second kappa shape index (κ2) is 8.21. The Balaban J connectivity index is 1.89. The summed E-state index contributed by atoms with van der Waals surface area (Å²) in [6, 6.07) is 8.66. The average molecular weight is 288 g/mol. The summed E-state index contributed by atoms with van der Waals surface area (Å²) in [5.41, 5.74) is 2.54. The number of unbranched alkanes of at least 4 members (excludes halogenated alkanes) is 2. The first-order valence-corrected chi connectivity index (χ1v) is 8.54. The van der Waals surface area contributed by atoms with E-state index in [1.54, 1.807) is 0 Å². The predicted molar refractivity (Wildman–Crippen MR) is 86.1 cm³/mol. The predicted octanol–water partition coefficient (Wildman–Crippen LogP) is 5.21. The zero-order chi connectivity index (χ0) is 15.1. The summed E-state index contributed by atoms with van der Waals surface area (Å²) in [4.78, 5) is 12.0. The second-order valence-electron chi connectivity index (χ2n) is 6.19. The van der Waals surface area contributed by atoms with Crippen LogP contribution in [0.3, 0.4) is 0 Å². The average Bonchev–Trinajstić information content (AvgIpc) is 2.50. The summed E-state index contributed by atoms with van der Waals surface area (Å²) in [6.07, 6.45) is 8.87. The van der Waals surface area contributed by atoms with Crippen LogP contribution in [-0.2, 0) is 16.0 Å². The van der Waals surface area contributed by atoms with Gasteiger partial charge in [0.25, 0.3) is 0 Å².